The molecule has 2 aliphatic carbocycles. The van der Waals surface area contributed by atoms with Gasteiger partial charge in [0.1, 0.15) is 5.78 Å². The van der Waals surface area contributed by atoms with Crippen molar-refractivity contribution in [2.75, 3.05) is 0 Å². The number of carboxylic acid groups (broad SMARTS) is 1. The number of rotatable bonds is 2. The van der Waals surface area contributed by atoms with Gasteiger partial charge in [-0.1, -0.05) is 13.8 Å². The zero-order valence-corrected chi connectivity index (χ0v) is 10.0. The van der Waals surface area contributed by atoms with Crippen LogP contribution in [0.4, 0.5) is 0 Å². The summed E-state index contributed by atoms with van der Waals surface area (Å²) < 4.78 is 0. The lowest BCUT2D eigenvalue weighted by Gasteiger charge is -2.41. The number of carbonyl (C=O) groups is 2. The summed E-state index contributed by atoms with van der Waals surface area (Å²) in [7, 11) is 0. The highest BCUT2D eigenvalue weighted by Crippen LogP contribution is 2.56. The number of Topliss-reactive ketones (excluding diaryl/α,β-unsaturated/α-hetero) is 1. The maximum atomic E-state index is 11.9. The summed E-state index contributed by atoms with van der Waals surface area (Å²) in [5.74, 6) is -0.355. The van der Waals surface area contributed by atoms with E-state index >= 15 is 0 Å². The summed E-state index contributed by atoms with van der Waals surface area (Å²) in [6, 6.07) is 0. The van der Waals surface area contributed by atoms with E-state index in [1.807, 2.05) is 0 Å². The van der Waals surface area contributed by atoms with Gasteiger partial charge in [0.05, 0.1) is 5.92 Å². The molecule has 2 aliphatic rings. The molecule has 1 N–H and O–H groups in total. The normalized spacial score (nSPS) is 40.5. The summed E-state index contributed by atoms with van der Waals surface area (Å²) in [6.07, 6.45) is 4.47. The largest absolute Gasteiger partial charge is 0.481 e. The Balaban J connectivity index is 2.24. The average molecular weight is 224 g/mol. The smallest absolute Gasteiger partial charge is 0.306 e. The van der Waals surface area contributed by atoms with E-state index in [0.29, 0.717) is 12.2 Å². The van der Waals surface area contributed by atoms with Crippen LogP contribution in [-0.4, -0.2) is 16.9 Å². The van der Waals surface area contributed by atoms with Crippen LogP contribution in [-0.2, 0) is 9.59 Å². The molecule has 0 aliphatic heterocycles. The number of carboxylic acids is 1. The maximum Gasteiger partial charge on any atom is 0.306 e. The number of fused-ring (bicyclic) bond motifs is 1. The fraction of sp³-hybridized carbons (Fsp3) is 0.846. The summed E-state index contributed by atoms with van der Waals surface area (Å²) in [5, 5.41) is 9.13. The Kier molecular flexibility index (Phi) is 2.81. The lowest BCUT2D eigenvalue weighted by Crippen LogP contribution is -2.40. The van der Waals surface area contributed by atoms with E-state index in [1.165, 1.54) is 0 Å². The van der Waals surface area contributed by atoms with Crippen LogP contribution in [0.2, 0.25) is 0 Å². The number of hydrogen-bond acceptors (Lipinski definition) is 2. The Labute approximate surface area is 96.2 Å². The van der Waals surface area contributed by atoms with Crippen LogP contribution in [0.5, 0.6) is 0 Å². The van der Waals surface area contributed by atoms with Gasteiger partial charge in [-0.25, -0.2) is 0 Å². The molecule has 0 aromatic heterocycles. The second kappa shape index (κ2) is 3.86. The molecule has 0 aromatic rings. The highest BCUT2D eigenvalue weighted by atomic mass is 16.4. The van der Waals surface area contributed by atoms with Gasteiger partial charge in [-0.3, -0.25) is 9.59 Å². The molecule has 16 heavy (non-hydrogen) atoms. The molecule has 0 bridgehead atoms. The monoisotopic (exact) mass is 224 g/mol. The molecule has 0 unspecified atom stereocenters. The quantitative estimate of drug-likeness (QED) is 0.784. The zero-order chi connectivity index (χ0) is 11.9. The van der Waals surface area contributed by atoms with Gasteiger partial charge in [0.2, 0.25) is 0 Å². The van der Waals surface area contributed by atoms with Crippen LogP contribution in [0.25, 0.3) is 0 Å². The van der Waals surface area contributed by atoms with E-state index in [9.17, 15) is 9.59 Å². The third-order valence-electron chi connectivity index (χ3n) is 4.93. The predicted octanol–water partition coefficient (Wildman–Crippen LogP) is 2.49. The first-order valence-electron chi connectivity index (χ1n) is 6.22. The first-order chi connectivity index (χ1) is 7.47. The van der Waals surface area contributed by atoms with Gasteiger partial charge >= 0.3 is 5.97 Å². The second-order valence-electron chi connectivity index (χ2n) is 5.69. The molecule has 4 atom stereocenters. The Morgan fingerprint density at radius 3 is 2.81 bits per heavy atom. The van der Waals surface area contributed by atoms with Crippen molar-refractivity contribution in [2.45, 2.75) is 46.0 Å². The fourth-order valence-electron chi connectivity index (χ4n) is 3.96. The minimum Gasteiger partial charge on any atom is -0.481 e. The number of aliphatic carboxylic acids is 1. The molecule has 0 aromatic carbocycles. The molecule has 0 heterocycles. The fourth-order valence-corrected chi connectivity index (χ4v) is 3.96. The summed E-state index contributed by atoms with van der Waals surface area (Å²) >= 11 is 0. The van der Waals surface area contributed by atoms with Crippen LogP contribution >= 0.6 is 0 Å². The lowest BCUT2D eigenvalue weighted by atomic mass is 9.62. The maximum absolute atomic E-state index is 11.9. The SMILES string of the molecule is C[C@H](C(=O)O)[C@H]1CC[C@H]2C(=O)CCC[C@]12C. The molecule has 2 saturated carbocycles. The van der Waals surface area contributed by atoms with Crippen molar-refractivity contribution in [1.29, 1.82) is 0 Å². The number of carbonyl (C=O) groups excluding carboxylic acids is 1. The van der Waals surface area contributed by atoms with E-state index in [-0.39, 0.29) is 23.2 Å². The Morgan fingerprint density at radius 1 is 1.50 bits per heavy atom. The minimum absolute atomic E-state index is 0.0485. The molecule has 0 spiro atoms. The van der Waals surface area contributed by atoms with Gasteiger partial charge in [-0.05, 0) is 37.0 Å². The molecule has 3 nitrogen and oxygen atoms in total. The van der Waals surface area contributed by atoms with Crippen molar-refractivity contribution in [2.24, 2.45) is 23.2 Å². The zero-order valence-electron chi connectivity index (χ0n) is 10.0. The molecule has 0 radical (unpaired) electrons. The van der Waals surface area contributed by atoms with Crippen molar-refractivity contribution in [3.8, 4) is 0 Å². The molecule has 2 rings (SSSR count). The Bertz CT molecular complexity index is 323. The van der Waals surface area contributed by atoms with E-state index < -0.39 is 5.97 Å². The van der Waals surface area contributed by atoms with Gasteiger partial charge in [0.25, 0.3) is 0 Å². The third kappa shape index (κ3) is 1.57. The van der Waals surface area contributed by atoms with Gasteiger partial charge in [-0.15, -0.1) is 0 Å². The van der Waals surface area contributed by atoms with E-state index in [2.05, 4.69) is 6.92 Å². The highest BCUT2D eigenvalue weighted by Gasteiger charge is 2.53. The standard InChI is InChI=1S/C13H20O3/c1-8(12(15)16)9-5-6-10-11(14)4-3-7-13(9,10)2/h8-10H,3-7H2,1-2H3,(H,15,16)/t8-,9+,10-,13+/m0/s1. The Hall–Kier alpha value is -0.860. The van der Waals surface area contributed by atoms with E-state index in [0.717, 1.165) is 25.7 Å². The molecular weight excluding hydrogens is 204 g/mol. The van der Waals surface area contributed by atoms with Crippen LogP contribution in [0, 0.1) is 23.2 Å². The number of ketones is 1. The van der Waals surface area contributed by atoms with Crippen LogP contribution in [0.15, 0.2) is 0 Å². The predicted molar refractivity (Wildman–Crippen MR) is 60.0 cm³/mol. The minimum atomic E-state index is -0.718. The third-order valence-corrected chi connectivity index (χ3v) is 4.93. The van der Waals surface area contributed by atoms with Crippen LogP contribution in [0.3, 0.4) is 0 Å². The van der Waals surface area contributed by atoms with E-state index in [4.69, 9.17) is 5.11 Å². The average Bonchev–Trinajstić information content (AvgIpc) is 2.55. The number of hydrogen-bond donors (Lipinski definition) is 1. The van der Waals surface area contributed by atoms with Crippen molar-refractivity contribution in [1.82, 2.24) is 0 Å². The highest BCUT2D eigenvalue weighted by molar-refractivity contribution is 5.83. The van der Waals surface area contributed by atoms with Gasteiger partial charge in [0.15, 0.2) is 0 Å². The summed E-state index contributed by atoms with van der Waals surface area (Å²) in [6.45, 7) is 3.92. The lowest BCUT2D eigenvalue weighted by molar-refractivity contribution is -0.146. The van der Waals surface area contributed by atoms with Crippen molar-refractivity contribution < 1.29 is 14.7 Å². The van der Waals surface area contributed by atoms with Gasteiger partial charge in [0, 0.05) is 12.3 Å². The van der Waals surface area contributed by atoms with Crippen LogP contribution < -0.4 is 0 Å². The summed E-state index contributed by atoms with van der Waals surface area (Å²) in [5.41, 5.74) is -0.0485. The first kappa shape index (κ1) is 11.6. The van der Waals surface area contributed by atoms with Gasteiger partial charge in [-0.2, -0.15) is 0 Å². The van der Waals surface area contributed by atoms with E-state index in [1.54, 1.807) is 6.92 Å². The molecule has 90 valence electrons. The molecule has 2 fully saturated rings. The second-order valence-corrected chi connectivity index (χ2v) is 5.69. The van der Waals surface area contributed by atoms with Crippen molar-refractivity contribution in [3.05, 3.63) is 0 Å². The summed E-state index contributed by atoms with van der Waals surface area (Å²) in [4.78, 5) is 23.0. The molecule has 0 saturated heterocycles. The first-order valence-corrected chi connectivity index (χ1v) is 6.22. The van der Waals surface area contributed by atoms with Gasteiger partial charge < -0.3 is 5.11 Å². The molecule has 0 amide bonds. The molecule has 3 heteroatoms. The topological polar surface area (TPSA) is 54.4 Å². The van der Waals surface area contributed by atoms with Crippen molar-refractivity contribution in [3.63, 3.8) is 0 Å². The Morgan fingerprint density at radius 2 is 2.19 bits per heavy atom. The molecular formula is C13H20O3. The van der Waals surface area contributed by atoms with Crippen LogP contribution in [0.1, 0.15) is 46.0 Å². The van der Waals surface area contributed by atoms with Crippen molar-refractivity contribution >= 4 is 11.8 Å².